The molecule has 26 heavy (non-hydrogen) atoms. The fourth-order valence-electron chi connectivity index (χ4n) is 3.88. The van der Waals surface area contributed by atoms with Crippen LogP contribution in [0, 0.1) is 0 Å². The predicted molar refractivity (Wildman–Crippen MR) is 107 cm³/mol. The summed E-state index contributed by atoms with van der Waals surface area (Å²) >= 11 is 6.12. The van der Waals surface area contributed by atoms with Crippen LogP contribution >= 0.6 is 11.6 Å². The minimum Gasteiger partial charge on any atom is -0.349 e. The summed E-state index contributed by atoms with van der Waals surface area (Å²) in [6.45, 7) is 0. The summed E-state index contributed by atoms with van der Waals surface area (Å²) in [6, 6.07) is 27.5. The molecule has 0 amide bonds. The Morgan fingerprint density at radius 2 is 1.58 bits per heavy atom. The first-order chi connectivity index (χ1) is 12.8. The quantitative estimate of drug-likeness (QED) is 0.487. The molecular formula is C22H18ClN3. The zero-order valence-electron chi connectivity index (χ0n) is 14.1. The molecule has 3 aromatic carbocycles. The summed E-state index contributed by atoms with van der Waals surface area (Å²) < 4.78 is 2.32. The van der Waals surface area contributed by atoms with Crippen LogP contribution in [0.1, 0.15) is 29.6 Å². The van der Waals surface area contributed by atoms with Gasteiger partial charge < -0.3 is 9.88 Å². The van der Waals surface area contributed by atoms with Crippen LogP contribution in [-0.2, 0) is 0 Å². The minimum atomic E-state index is 0.209. The van der Waals surface area contributed by atoms with E-state index in [-0.39, 0.29) is 12.1 Å². The maximum Gasteiger partial charge on any atom is 0.204 e. The van der Waals surface area contributed by atoms with Crippen molar-refractivity contribution in [1.82, 2.24) is 9.55 Å². The van der Waals surface area contributed by atoms with Crippen LogP contribution in [0.3, 0.4) is 0 Å². The first-order valence-corrected chi connectivity index (χ1v) is 9.21. The molecular weight excluding hydrogens is 342 g/mol. The molecule has 1 N–H and O–H groups in total. The van der Waals surface area contributed by atoms with Crippen molar-refractivity contribution in [2.75, 3.05) is 5.32 Å². The van der Waals surface area contributed by atoms with Gasteiger partial charge in [0.2, 0.25) is 5.95 Å². The van der Waals surface area contributed by atoms with E-state index >= 15 is 0 Å². The highest BCUT2D eigenvalue weighted by atomic mass is 35.5. The molecule has 1 aromatic heterocycles. The van der Waals surface area contributed by atoms with Crippen LogP contribution in [-0.4, -0.2) is 9.55 Å². The van der Waals surface area contributed by atoms with Gasteiger partial charge in [0.15, 0.2) is 0 Å². The first-order valence-electron chi connectivity index (χ1n) is 8.83. The second kappa shape index (κ2) is 6.19. The molecule has 0 unspecified atom stereocenters. The predicted octanol–water partition coefficient (Wildman–Crippen LogP) is 5.84. The van der Waals surface area contributed by atoms with E-state index in [1.165, 1.54) is 11.1 Å². The van der Waals surface area contributed by atoms with Gasteiger partial charge in [-0.1, -0.05) is 66.2 Å². The molecule has 5 rings (SSSR count). The third-order valence-electron chi connectivity index (χ3n) is 5.13. The molecule has 1 aliphatic rings. The number of para-hydroxylation sites is 2. The van der Waals surface area contributed by atoms with Crippen molar-refractivity contribution in [3.63, 3.8) is 0 Å². The summed E-state index contributed by atoms with van der Waals surface area (Å²) in [5.41, 5.74) is 4.70. The lowest BCUT2D eigenvalue weighted by atomic mass is 9.93. The normalized spacial score (nSPS) is 19.1. The Bertz CT molecular complexity index is 1050. The zero-order valence-corrected chi connectivity index (χ0v) is 14.9. The van der Waals surface area contributed by atoms with Crippen molar-refractivity contribution in [1.29, 1.82) is 0 Å². The highest BCUT2D eigenvalue weighted by Crippen LogP contribution is 2.41. The third kappa shape index (κ3) is 2.56. The van der Waals surface area contributed by atoms with Gasteiger partial charge in [-0.05, 0) is 41.8 Å². The Morgan fingerprint density at radius 3 is 2.38 bits per heavy atom. The van der Waals surface area contributed by atoms with Crippen molar-refractivity contribution in [2.45, 2.75) is 18.5 Å². The molecule has 0 aliphatic carbocycles. The Kier molecular flexibility index (Phi) is 3.68. The Hall–Kier alpha value is -2.78. The fraction of sp³-hybridized carbons (Fsp3) is 0.136. The van der Waals surface area contributed by atoms with Gasteiger partial charge in [-0.2, -0.15) is 0 Å². The van der Waals surface area contributed by atoms with Gasteiger partial charge in [-0.15, -0.1) is 0 Å². The molecule has 3 nitrogen and oxygen atoms in total. The number of hydrogen-bond acceptors (Lipinski definition) is 2. The number of rotatable bonds is 2. The SMILES string of the molecule is Clc1ccc([C@H]2C[C@@H](c3ccccc3)Nc3nc4ccccc4n32)cc1. The van der Waals surface area contributed by atoms with Crippen LogP contribution in [0.2, 0.25) is 5.02 Å². The maximum absolute atomic E-state index is 6.12. The lowest BCUT2D eigenvalue weighted by Gasteiger charge is -2.33. The van der Waals surface area contributed by atoms with Crippen molar-refractivity contribution in [2.24, 2.45) is 0 Å². The number of fused-ring (bicyclic) bond motifs is 3. The van der Waals surface area contributed by atoms with Crippen LogP contribution in [0.25, 0.3) is 11.0 Å². The second-order valence-corrected chi connectivity index (χ2v) is 7.14. The molecule has 1 aliphatic heterocycles. The largest absolute Gasteiger partial charge is 0.349 e. The van der Waals surface area contributed by atoms with E-state index in [0.29, 0.717) is 0 Å². The zero-order chi connectivity index (χ0) is 17.5. The molecule has 4 aromatic rings. The summed E-state index contributed by atoms with van der Waals surface area (Å²) in [6.07, 6.45) is 0.957. The number of halogens is 1. The Morgan fingerprint density at radius 1 is 0.846 bits per heavy atom. The van der Waals surface area contributed by atoms with Gasteiger partial charge in [-0.3, -0.25) is 0 Å². The first kappa shape index (κ1) is 15.5. The van der Waals surface area contributed by atoms with Crippen molar-refractivity contribution in [3.05, 3.63) is 95.0 Å². The topological polar surface area (TPSA) is 29.9 Å². The van der Waals surface area contributed by atoms with Gasteiger partial charge in [0, 0.05) is 5.02 Å². The molecule has 0 spiro atoms. The lowest BCUT2D eigenvalue weighted by Crippen LogP contribution is -2.27. The molecule has 0 saturated carbocycles. The van der Waals surface area contributed by atoms with Gasteiger partial charge >= 0.3 is 0 Å². The fourth-order valence-corrected chi connectivity index (χ4v) is 4.01. The van der Waals surface area contributed by atoms with E-state index < -0.39 is 0 Å². The van der Waals surface area contributed by atoms with E-state index in [1.807, 2.05) is 18.2 Å². The Labute approximate surface area is 157 Å². The Balaban J connectivity index is 1.67. The van der Waals surface area contributed by atoms with E-state index in [2.05, 4.69) is 70.5 Å². The van der Waals surface area contributed by atoms with E-state index in [4.69, 9.17) is 16.6 Å². The highest BCUT2D eigenvalue weighted by molar-refractivity contribution is 6.30. The van der Waals surface area contributed by atoms with Crippen molar-refractivity contribution in [3.8, 4) is 0 Å². The molecule has 0 bridgehead atoms. The number of nitrogens with zero attached hydrogens (tertiary/aromatic N) is 2. The maximum atomic E-state index is 6.12. The van der Waals surface area contributed by atoms with E-state index in [1.54, 1.807) is 0 Å². The molecule has 0 radical (unpaired) electrons. The molecule has 0 fully saturated rings. The van der Waals surface area contributed by atoms with Crippen molar-refractivity contribution >= 4 is 28.6 Å². The average Bonchev–Trinajstić information content (AvgIpc) is 3.07. The number of anilines is 1. The van der Waals surface area contributed by atoms with E-state index in [0.717, 1.165) is 28.4 Å². The third-order valence-corrected chi connectivity index (χ3v) is 5.38. The second-order valence-electron chi connectivity index (χ2n) is 6.70. The number of aromatic nitrogens is 2. The van der Waals surface area contributed by atoms with Gasteiger partial charge in [0.25, 0.3) is 0 Å². The number of benzene rings is 3. The monoisotopic (exact) mass is 359 g/mol. The van der Waals surface area contributed by atoms with Crippen LogP contribution in [0.15, 0.2) is 78.9 Å². The minimum absolute atomic E-state index is 0.209. The number of hydrogen-bond donors (Lipinski definition) is 1. The van der Waals surface area contributed by atoms with Crippen molar-refractivity contribution < 1.29 is 0 Å². The summed E-state index contributed by atoms with van der Waals surface area (Å²) in [5, 5.41) is 4.40. The van der Waals surface area contributed by atoms with Gasteiger partial charge in [0.1, 0.15) is 0 Å². The van der Waals surface area contributed by atoms with Gasteiger partial charge in [0.05, 0.1) is 23.1 Å². The smallest absolute Gasteiger partial charge is 0.204 e. The van der Waals surface area contributed by atoms with Crippen LogP contribution in [0.4, 0.5) is 5.95 Å². The summed E-state index contributed by atoms with van der Waals surface area (Å²) in [4.78, 5) is 4.85. The summed E-state index contributed by atoms with van der Waals surface area (Å²) in [7, 11) is 0. The lowest BCUT2D eigenvalue weighted by molar-refractivity contribution is 0.477. The summed E-state index contributed by atoms with van der Waals surface area (Å²) in [5.74, 6) is 0.922. The standard InChI is InChI=1S/C22H18ClN3/c23-17-12-10-16(11-13-17)21-14-19(15-6-2-1-3-7-15)25-22-24-18-8-4-5-9-20(18)26(21)22/h1-13,19,21H,14H2,(H,24,25)/t19-,21+/m0/s1. The number of imidazole rings is 1. The molecule has 4 heteroatoms. The van der Waals surface area contributed by atoms with Crippen LogP contribution < -0.4 is 5.32 Å². The molecule has 128 valence electrons. The van der Waals surface area contributed by atoms with E-state index in [9.17, 15) is 0 Å². The van der Waals surface area contributed by atoms with Gasteiger partial charge in [-0.25, -0.2) is 4.98 Å². The molecule has 0 saturated heterocycles. The average molecular weight is 360 g/mol. The molecule has 2 heterocycles. The number of nitrogens with one attached hydrogen (secondary N) is 1. The highest BCUT2D eigenvalue weighted by Gasteiger charge is 2.30. The van der Waals surface area contributed by atoms with Crippen LogP contribution in [0.5, 0.6) is 0 Å². The molecule has 2 atom stereocenters.